The van der Waals surface area contributed by atoms with Gasteiger partial charge in [0.2, 0.25) is 0 Å². The fourth-order valence-electron chi connectivity index (χ4n) is 8.98. The standard InChI is InChI=1S/C48H27ClN4/c49-33-25-32-28-15-7-8-16-29(28)43-38-23-21-36(51-38)40(26-11-3-1-4-12-26)34-19-20-35(50-34)41(27-13-5-2-6-14-27)37-22-24-39(52-37)44-31-18-10-9-17-30(31)42(33)46-45(32)47(43)53-48(44)46/h1-25,50,53H. The lowest BCUT2D eigenvalue weighted by Crippen LogP contribution is -1.88. The molecule has 2 aliphatic rings. The highest BCUT2D eigenvalue weighted by Crippen LogP contribution is 2.49. The number of nitrogens with one attached hydrogen (secondary N) is 2. The quantitative estimate of drug-likeness (QED) is 0.177. The van der Waals surface area contributed by atoms with Crippen molar-refractivity contribution in [1.82, 2.24) is 19.9 Å². The van der Waals surface area contributed by atoms with Crippen LogP contribution in [0.1, 0.15) is 22.8 Å². The minimum Gasteiger partial charge on any atom is -0.354 e. The Labute approximate surface area is 308 Å². The highest BCUT2D eigenvalue weighted by Gasteiger charge is 2.25. The molecule has 0 unspecified atom stereocenters. The van der Waals surface area contributed by atoms with Gasteiger partial charge in [-0.25, -0.2) is 9.97 Å². The third-order valence-corrected chi connectivity index (χ3v) is 11.4. The predicted molar refractivity (Wildman–Crippen MR) is 225 cm³/mol. The van der Waals surface area contributed by atoms with Crippen molar-refractivity contribution in [3.63, 3.8) is 0 Å². The Balaban J connectivity index is 1.41. The molecule has 5 heterocycles. The van der Waals surface area contributed by atoms with Crippen LogP contribution in [0, 0.1) is 0 Å². The van der Waals surface area contributed by atoms with Crippen molar-refractivity contribution in [2.45, 2.75) is 0 Å². The molecule has 8 bridgehead atoms. The average molecular weight is 695 g/mol. The van der Waals surface area contributed by atoms with Gasteiger partial charge in [-0.1, -0.05) is 121 Å². The van der Waals surface area contributed by atoms with Gasteiger partial charge in [0.15, 0.2) is 0 Å². The van der Waals surface area contributed by atoms with Crippen LogP contribution in [0.15, 0.2) is 127 Å². The van der Waals surface area contributed by atoms with Crippen molar-refractivity contribution in [3.05, 3.63) is 155 Å². The lowest BCUT2D eigenvalue weighted by Gasteiger charge is -2.13. The molecule has 0 amide bonds. The molecule has 2 N–H and O–H groups in total. The van der Waals surface area contributed by atoms with E-state index in [1.807, 2.05) is 0 Å². The number of hydrogen-bond acceptors (Lipinski definition) is 2. The van der Waals surface area contributed by atoms with Gasteiger partial charge in [-0.3, -0.25) is 0 Å². The summed E-state index contributed by atoms with van der Waals surface area (Å²) in [6.45, 7) is 0. The number of aromatic nitrogens is 4. The Morgan fingerprint density at radius 1 is 0.377 bits per heavy atom. The maximum Gasteiger partial charge on any atom is 0.0737 e. The molecular formula is C48H27ClN4. The van der Waals surface area contributed by atoms with E-state index in [1.165, 1.54) is 0 Å². The number of H-pyrrole nitrogens is 2. The van der Waals surface area contributed by atoms with Crippen molar-refractivity contribution in [3.8, 4) is 22.3 Å². The van der Waals surface area contributed by atoms with Gasteiger partial charge in [-0.05, 0) is 80.6 Å². The summed E-state index contributed by atoms with van der Waals surface area (Å²) in [5.74, 6) is 0. The van der Waals surface area contributed by atoms with Crippen molar-refractivity contribution in [1.29, 1.82) is 0 Å². The van der Waals surface area contributed by atoms with Gasteiger partial charge in [-0.2, -0.15) is 0 Å². The van der Waals surface area contributed by atoms with Crippen LogP contribution < -0.4 is 0 Å². The summed E-state index contributed by atoms with van der Waals surface area (Å²) in [6, 6.07) is 44.8. The van der Waals surface area contributed by atoms with E-state index < -0.39 is 0 Å². The zero-order chi connectivity index (χ0) is 34.8. The van der Waals surface area contributed by atoms with Crippen LogP contribution in [0.2, 0.25) is 5.02 Å². The molecule has 53 heavy (non-hydrogen) atoms. The van der Waals surface area contributed by atoms with Gasteiger partial charge in [0.25, 0.3) is 0 Å². The average Bonchev–Trinajstić information content (AvgIpc) is 4.03. The lowest BCUT2D eigenvalue weighted by atomic mass is 9.91. The summed E-state index contributed by atoms with van der Waals surface area (Å²) in [4.78, 5) is 18.8. The number of halogens is 1. The first-order valence-electron chi connectivity index (χ1n) is 17.9. The molecule has 0 radical (unpaired) electrons. The highest BCUT2D eigenvalue weighted by atomic mass is 35.5. The fraction of sp³-hybridized carbons (Fsp3) is 0. The maximum atomic E-state index is 7.36. The Kier molecular flexibility index (Phi) is 5.80. The smallest absolute Gasteiger partial charge is 0.0737 e. The van der Waals surface area contributed by atoms with Crippen LogP contribution in [0.25, 0.3) is 122 Å². The van der Waals surface area contributed by atoms with Gasteiger partial charge in [0, 0.05) is 54.1 Å². The fourth-order valence-corrected chi connectivity index (χ4v) is 9.28. The van der Waals surface area contributed by atoms with E-state index in [0.717, 1.165) is 126 Å². The Morgan fingerprint density at radius 3 is 1.40 bits per heavy atom. The van der Waals surface area contributed by atoms with Crippen LogP contribution in [-0.2, 0) is 0 Å². The second kappa shape index (κ2) is 10.6. The summed E-state index contributed by atoms with van der Waals surface area (Å²) >= 11 is 7.36. The van der Waals surface area contributed by atoms with Crippen LogP contribution >= 0.6 is 11.6 Å². The summed E-state index contributed by atoms with van der Waals surface area (Å²) in [7, 11) is 0. The maximum absolute atomic E-state index is 7.36. The van der Waals surface area contributed by atoms with Gasteiger partial charge in [0.05, 0.1) is 33.8 Å². The molecule has 0 spiro atoms. The van der Waals surface area contributed by atoms with E-state index in [9.17, 15) is 0 Å². The van der Waals surface area contributed by atoms with E-state index in [-0.39, 0.29) is 0 Å². The van der Waals surface area contributed by atoms with Crippen molar-refractivity contribution in [2.24, 2.45) is 0 Å². The molecule has 5 heteroatoms. The van der Waals surface area contributed by atoms with Gasteiger partial charge in [0.1, 0.15) is 0 Å². The molecule has 7 aromatic carbocycles. The molecule has 10 aromatic rings. The molecule has 0 saturated heterocycles. The molecule has 12 rings (SSSR count). The second-order valence-corrected chi connectivity index (χ2v) is 14.4. The minimum atomic E-state index is 0.740. The zero-order valence-corrected chi connectivity index (χ0v) is 29.0. The Hall–Kier alpha value is -6.75. The third kappa shape index (κ3) is 3.96. The van der Waals surface area contributed by atoms with E-state index >= 15 is 0 Å². The van der Waals surface area contributed by atoms with E-state index in [4.69, 9.17) is 21.6 Å². The molecule has 3 aromatic heterocycles. The van der Waals surface area contributed by atoms with Gasteiger partial charge in [-0.15, -0.1) is 0 Å². The summed E-state index contributed by atoms with van der Waals surface area (Å²) in [6.07, 6.45) is 8.66. The van der Waals surface area contributed by atoms with E-state index in [2.05, 4.69) is 162 Å². The first kappa shape index (κ1) is 28.9. The molecular weight excluding hydrogens is 668 g/mol. The van der Waals surface area contributed by atoms with Crippen molar-refractivity contribution >= 4 is 112 Å². The van der Waals surface area contributed by atoms with Crippen molar-refractivity contribution < 1.29 is 0 Å². The number of fused-ring (bicyclic) bond motifs is 14. The second-order valence-electron chi connectivity index (χ2n) is 13.9. The Morgan fingerprint density at radius 2 is 0.830 bits per heavy atom. The van der Waals surface area contributed by atoms with E-state index in [0.29, 0.717) is 0 Å². The Bertz CT molecular complexity index is 3390. The molecule has 0 fully saturated rings. The first-order chi connectivity index (χ1) is 26.2. The molecule has 2 aliphatic heterocycles. The first-order valence-corrected chi connectivity index (χ1v) is 18.2. The SMILES string of the molecule is Clc1cc2c3ccccc3c3c4nc(c(-c5ccccc5)c5ccc([nH]5)c(-c5ccccc5)c5nc(c6c7ccccc7c1c1c6[nH]c3c21)C=C5)C=C4. The van der Waals surface area contributed by atoms with Crippen LogP contribution in [0.4, 0.5) is 0 Å². The van der Waals surface area contributed by atoms with Gasteiger partial charge >= 0.3 is 0 Å². The largest absolute Gasteiger partial charge is 0.354 e. The summed E-state index contributed by atoms with van der Waals surface area (Å²) < 4.78 is 0. The monoisotopic (exact) mass is 694 g/mol. The van der Waals surface area contributed by atoms with Crippen LogP contribution in [0.5, 0.6) is 0 Å². The molecule has 4 nitrogen and oxygen atoms in total. The van der Waals surface area contributed by atoms with Crippen LogP contribution in [0.3, 0.4) is 0 Å². The number of nitrogens with zero attached hydrogens (tertiary/aromatic N) is 2. The van der Waals surface area contributed by atoms with Crippen molar-refractivity contribution in [2.75, 3.05) is 0 Å². The molecule has 0 saturated carbocycles. The minimum absolute atomic E-state index is 0.740. The van der Waals surface area contributed by atoms with E-state index in [1.54, 1.807) is 0 Å². The highest BCUT2D eigenvalue weighted by molar-refractivity contribution is 6.48. The number of benzene rings is 7. The zero-order valence-electron chi connectivity index (χ0n) is 28.2. The van der Waals surface area contributed by atoms with Crippen LogP contribution in [-0.4, -0.2) is 19.9 Å². The summed E-state index contributed by atoms with van der Waals surface area (Å²) in [5, 5.41) is 11.8. The topological polar surface area (TPSA) is 57.4 Å². The molecule has 0 atom stereocenters. The normalized spacial score (nSPS) is 12.8. The summed E-state index contributed by atoms with van der Waals surface area (Å²) in [5.41, 5.74) is 11.9. The lowest BCUT2D eigenvalue weighted by molar-refractivity contribution is 1.33. The molecule has 0 aliphatic carbocycles. The third-order valence-electron chi connectivity index (χ3n) is 11.1. The predicted octanol–water partition coefficient (Wildman–Crippen LogP) is 13.3. The number of hydrogen-bond donors (Lipinski definition) is 2. The van der Waals surface area contributed by atoms with Gasteiger partial charge < -0.3 is 9.97 Å². The number of rotatable bonds is 2. The molecule has 246 valence electrons. The number of aromatic amines is 2.